The lowest BCUT2D eigenvalue weighted by molar-refractivity contribution is 0.0866. The summed E-state index contributed by atoms with van der Waals surface area (Å²) in [4.78, 5) is 30.0. The van der Waals surface area contributed by atoms with Crippen molar-refractivity contribution in [2.24, 2.45) is 0 Å². The van der Waals surface area contributed by atoms with E-state index in [2.05, 4.69) is 46.0 Å². The van der Waals surface area contributed by atoms with Crippen LogP contribution in [0, 0.1) is 0 Å². The van der Waals surface area contributed by atoms with Crippen LogP contribution in [0.1, 0.15) is 30.5 Å². The number of rotatable bonds is 5. The predicted molar refractivity (Wildman–Crippen MR) is 157 cm³/mol. The fraction of sp³-hybridized carbons (Fsp3) is 0.500. The number of anilines is 2. The van der Waals surface area contributed by atoms with Gasteiger partial charge in [0.1, 0.15) is 12.4 Å². The highest BCUT2D eigenvalue weighted by Crippen LogP contribution is 2.39. The smallest absolute Gasteiger partial charge is 0.408 e. The van der Waals surface area contributed by atoms with Crippen LogP contribution >= 0.6 is 11.6 Å². The van der Waals surface area contributed by atoms with Crippen LogP contribution < -0.4 is 14.5 Å². The Morgan fingerprint density at radius 3 is 2.71 bits per heavy atom. The molecule has 0 saturated carbocycles. The van der Waals surface area contributed by atoms with Crippen molar-refractivity contribution in [2.45, 2.75) is 56.5 Å². The van der Waals surface area contributed by atoms with Crippen LogP contribution in [0.2, 0.25) is 5.02 Å². The van der Waals surface area contributed by atoms with Gasteiger partial charge >= 0.3 is 12.1 Å². The Kier molecular flexibility index (Phi) is 6.79. The van der Waals surface area contributed by atoms with Gasteiger partial charge in [0.25, 0.3) is 0 Å². The Morgan fingerprint density at radius 1 is 1.12 bits per heavy atom. The molecular weight excluding hydrogens is 544 g/mol. The van der Waals surface area contributed by atoms with Crippen molar-refractivity contribution in [2.75, 3.05) is 49.6 Å². The minimum absolute atomic E-state index is 0.277. The number of hydrogen-bond acceptors (Lipinski definition) is 8. The van der Waals surface area contributed by atoms with E-state index < -0.39 is 18.2 Å². The van der Waals surface area contributed by atoms with Gasteiger partial charge < -0.3 is 29.6 Å². The van der Waals surface area contributed by atoms with Crippen LogP contribution in [-0.4, -0.2) is 100 Å². The van der Waals surface area contributed by atoms with Gasteiger partial charge in [-0.25, -0.2) is 4.79 Å². The number of ether oxygens (including phenoxy) is 1. The van der Waals surface area contributed by atoms with Gasteiger partial charge in [-0.15, -0.1) is 0 Å². The van der Waals surface area contributed by atoms with Gasteiger partial charge in [-0.05, 0) is 56.8 Å². The third kappa shape index (κ3) is 4.71. The first-order chi connectivity index (χ1) is 19.9. The normalized spacial score (nSPS) is 26.1. The summed E-state index contributed by atoms with van der Waals surface area (Å²) >= 11 is 6.68. The summed E-state index contributed by atoms with van der Waals surface area (Å²) in [5.41, 5.74) is 3.05. The summed E-state index contributed by atoms with van der Waals surface area (Å²) in [5.74, 6) is 0.800. The molecule has 0 radical (unpaired) electrons. The van der Waals surface area contributed by atoms with E-state index in [1.54, 1.807) is 0 Å². The largest absolute Gasteiger partial charge is 0.465 e. The second-order valence-corrected chi connectivity index (χ2v) is 12.2. The average Bonchev–Trinajstić information content (AvgIpc) is 3.47. The summed E-state index contributed by atoms with van der Waals surface area (Å²) in [6.07, 6.45) is 1.75. The molecule has 1 aromatic heterocycles. The summed E-state index contributed by atoms with van der Waals surface area (Å²) in [6, 6.07) is 12.2. The number of aliphatic hydroxyl groups is 1. The molecule has 216 valence electrons. The number of amides is 1. The number of aromatic nitrogens is 2. The highest BCUT2D eigenvalue weighted by Gasteiger charge is 2.49. The number of fused-ring (bicyclic) bond motifs is 4. The summed E-state index contributed by atoms with van der Waals surface area (Å²) in [5, 5.41) is 23.3. The standard InChI is InChI=1S/C30H35ClN6O4/c1-34-11-4-7-19(34)17-41-29-32-23-15-35(24-9-3-6-18-5-2-8-22(31)27(18)24)12-10-21(23)28(33-29)36-14-20-13-26(38)25(16-36)37(20)30(39)40/h2-3,5-6,8-9,19-20,25-26,38H,4,7,10-17H2,1H3,(H,39,40)/t19?,20-,25-,26+/m1/s1. The van der Waals surface area contributed by atoms with Crippen LogP contribution in [0.25, 0.3) is 10.8 Å². The zero-order valence-corrected chi connectivity index (χ0v) is 23.9. The van der Waals surface area contributed by atoms with Gasteiger partial charge in [-0.1, -0.05) is 35.9 Å². The summed E-state index contributed by atoms with van der Waals surface area (Å²) in [6.45, 7) is 3.81. The molecule has 10 nitrogen and oxygen atoms in total. The molecule has 4 aliphatic heterocycles. The van der Waals surface area contributed by atoms with E-state index in [-0.39, 0.29) is 6.04 Å². The Balaban J connectivity index is 1.23. The topological polar surface area (TPSA) is 106 Å². The number of likely N-dealkylation sites (tertiary alicyclic amines) is 1. The third-order valence-corrected chi connectivity index (χ3v) is 9.65. The lowest BCUT2D eigenvalue weighted by atomic mass is 10.0. The Morgan fingerprint density at radius 2 is 1.95 bits per heavy atom. The first kappa shape index (κ1) is 26.6. The number of hydrogen-bond donors (Lipinski definition) is 2. The maximum atomic E-state index is 11.9. The number of benzene rings is 2. The van der Waals surface area contributed by atoms with E-state index in [0.29, 0.717) is 44.7 Å². The fourth-order valence-corrected chi connectivity index (χ4v) is 7.50. The third-order valence-electron chi connectivity index (χ3n) is 9.34. The van der Waals surface area contributed by atoms with Crippen molar-refractivity contribution >= 4 is 40.0 Å². The molecule has 0 spiro atoms. The molecule has 2 aromatic carbocycles. The maximum absolute atomic E-state index is 11.9. The summed E-state index contributed by atoms with van der Waals surface area (Å²) < 4.78 is 6.25. The molecule has 1 amide bonds. The van der Waals surface area contributed by atoms with Crippen molar-refractivity contribution in [3.05, 3.63) is 52.7 Å². The molecule has 7 rings (SSSR count). The second kappa shape index (κ2) is 10.5. The van der Waals surface area contributed by atoms with Crippen LogP contribution in [-0.2, 0) is 13.0 Å². The molecule has 3 fully saturated rings. The van der Waals surface area contributed by atoms with Crippen LogP contribution in [0.15, 0.2) is 36.4 Å². The minimum atomic E-state index is -0.977. The van der Waals surface area contributed by atoms with Gasteiger partial charge in [0.15, 0.2) is 0 Å². The number of likely N-dealkylation sites (N-methyl/N-ethyl adjacent to an activating group) is 1. The fourth-order valence-electron chi connectivity index (χ4n) is 7.22. The molecule has 1 unspecified atom stereocenters. The lowest BCUT2D eigenvalue weighted by Gasteiger charge is -2.41. The van der Waals surface area contributed by atoms with Crippen molar-refractivity contribution in [1.82, 2.24) is 19.8 Å². The Hall–Kier alpha value is -3.34. The predicted octanol–water partition coefficient (Wildman–Crippen LogP) is 3.62. The maximum Gasteiger partial charge on any atom is 0.408 e. The molecule has 2 bridgehead atoms. The second-order valence-electron chi connectivity index (χ2n) is 11.7. The number of halogens is 1. The van der Waals surface area contributed by atoms with Crippen molar-refractivity contribution in [3.63, 3.8) is 0 Å². The van der Waals surface area contributed by atoms with Crippen LogP contribution in [0.5, 0.6) is 6.01 Å². The molecule has 5 heterocycles. The first-order valence-corrected chi connectivity index (χ1v) is 14.8. The van der Waals surface area contributed by atoms with Gasteiger partial charge in [0.05, 0.1) is 35.4 Å². The zero-order chi connectivity index (χ0) is 28.2. The van der Waals surface area contributed by atoms with E-state index in [1.165, 1.54) is 4.90 Å². The number of carboxylic acid groups (broad SMARTS) is 1. The zero-order valence-electron chi connectivity index (χ0n) is 23.1. The number of piperazine rings is 1. The van der Waals surface area contributed by atoms with E-state index in [0.717, 1.165) is 70.9 Å². The molecule has 2 N–H and O–H groups in total. The molecule has 4 aliphatic rings. The molecule has 41 heavy (non-hydrogen) atoms. The van der Waals surface area contributed by atoms with Gasteiger partial charge in [-0.3, -0.25) is 4.90 Å². The molecular formula is C30H35ClN6O4. The van der Waals surface area contributed by atoms with Crippen LogP contribution in [0.3, 0.4) is 0 Å². The number of nitrogens with zero attached hydrogens (tertiary/aromatic N) is 6. The van der Waals surface area contributed by atoms with Gasteiger partial charge in [0, 0.05) is 42.3 Å². The summed E-state index contributed by atoms with van der Waals surface area (Å²) in [7, 11) is 2.12. The lowest BCUT2D eigenvalue weighted by Crippen LogP contribution is -2.57. The first-order valence-electron chi connectivity index (χ1n) is 14.5. The van der Waals surface area contributed by atoms with Crippen molar-refractivity contribution in [3.8, 4) is 6.01 Å². The molecule has 3 saturated heterocycles. The monoisotopic (exact) mass is 578 g/mol. The van der Waals surface area contributed by atoms with E-state index in [4.69, 9.17) is 26.3 Å². The van der Waals surface area contributed by atoms with Gasteiger partial charge in [0.2, 0.25) is 0 Å². The molecule has 0 aliphatic carbocycles. The highest BCUT2D eigenvalue weighted by atomic mass is 35.5. The molecule has 3 aromatic rings. The SMILES string of the molecule is CN1CCCC1COc1nc2c(c(N3C[C@H]4C[C@H](O)[C@@H](C3)N4C(=O)O)n1)CCN(c1cccc3cccc(Cl)c13)C2. The minimum Gasteiger partial charge on any atom is -0.465 e. The van der Waals surface area contributed by atoms with Crippen molar-refractivity contribution in [1.29, 1.82) is 0 Å². The molecule has 11 heteroatoms. The van der Waals surface area contributed by atoms with Crippen LogP contribution in [0.4, 0.5) is 16.3 Å². The quantitative estimate of drug-likeness (QED) is 0.469. The number of carbonyl (C=O) groups is 1. The van der Waals surface area contributed by atoms with E-state index >= 15 is 0 Å². The van der Waals surface area contributed by atoms with E-state index in [9.17, 15) is 15.0 Å². The average molecular weight is 579 g/mol. The number of aliphatic hydroxyl groups excluding tert-OH is 1. The molecule has 4 atom stereocenters. The Labute approximate surface area is 244 Å². The van der Waals surface area contributed by atoms with Crippen molar-refractivity contribution < 1.29 is 19.7 Å². The van der Waals surface area contributed by atoms with E-state index in [1.807, 2.05) is 12.1 Å². The van der Waals surface area contributed by atoms with Gasteiger partial charge in [-0.2, -0.15) is 9.97 Å². The Bertz CT molecular complexity index is 1480. The highest BCUT2D eigenvalue weighted by molar-refractivity contribution is 6.36.